The predicted octanol–water partition coefficient (Wildman–Crippen LogP) is 3.12. The third-order valence-corrected chi connectivity index (χ3v) is 8.52. The molecular weight excluding hydrogens is 256 g/mol. The van der Waals surface area contributed by atoms with Crippen LogP contribution in [0, 0.1) is 34.5 Å². The van der Waals surface area contributed by atoms with Gasteiger partial charge in [0.25, 0.3) is 0 Å². The molecule has 106 valence electrons. The van der Waals surface area contributed by atoms with Gasteiger partial charge in [-0.25, -0.2) is 0 Å². The lowest BCUT2D eigenvalue weighted by atomic mass is 9.27. The molecule has 7 aliphatic carbocycles. The highest BCUT2D eigenvalue weighted by Gasteiger charge is 2.77. The smallest absolute Gasteiger partial charge is 0.101 e. The summed E-state index contributed by atoms with van der Waals surface area (Å²) in [5.74, 6) is 3.09. The molecule has 0 amide bonds. The average molecular weight is 281 g/mol. The van der Waals surface area contributed by atoms with Crippen molar-refractivity contribution in [3.63, 3.8) is 0 Å². The molecule has 7 fully saturated rings. The van der Waals surface area contributed by atoms with Gasteiger partial charge in [0.2, 0.25) is 0 Å². The zero-order chi connectivity index (χ0) is 13.3. The molecular formula is C16H25ClN2. The van der Waals surface area contributed by atoms with Crippen LogP contribution in [0.5, 0.6) is 0 Å². The first-order valence-corrected chi connectivity index (χ1v) is 8.37. The number of halogens is 1. The molecule has 0 aliphatic heterocycles. The van der Waals surface area contributed by atoms with Gasteiger partial charge in [-0.1, -0.05) is 20.3 Å². The van der Waals surface area contributed by atoms with Gasteiger partial charge in [0, 0.05) is 18.3 Å². The molecule has 7 rings (SSSR count). The Morgan fingerprint density at radius 1 is 0.895 bits per heavy atom. The minimum absolute atomic E-state index is 0.128. The maximum absolute atomic E-state index is 6.24. The predicted molar refractivity (Wildman–Crippen MR) is 75.4 cm³/mol. The molecule has 4 unspecified atom stereocenters. The fourth-order valence-corrected chi connectivity index (χ4v) is 8.42. The van der Waals surface area contributed by atoms with Crippen molar-refractivity contribution in [2.45, 2.75) is 63.5 Å². The van der Waals surface area contributed by atoms with Crippen LogP contribution >= 0.6 is 11.8 Å². The van der Waals surface area contributed by atoms with Gasteiger partial charge < -0.3 is 10.6 Å². The largest absolute Gasteiger partial charge is 0.569 e. The molecule has 4 atom stereocenters. The second-order valence-corrected chi connectivity index (χ2v) is 9.70. The van der Waals surface area contributed by atoms with E-state index in [1.165, 1.54) is 38.5 Å². The highest BCUT2D eigenvalue weighted by molar-refractivity contribution is 6.25. The number of nitrogens with zero attached hydrogens (tertiary/aromatic N) is 1. The Morgan fingerprint density at radius 3 is 1.89 bits per heavy atom. The second-order valence-electron chi connectivity index (χ2n) is 9.53. The quantitative estimate of drug-likeness (QED) is 0.767. The van der Waals surface area contributed by atoms with E-state index in [4.69, 9.17) is 17.5 Å². The van der Waals surface area contributed by atoms with E-state index in [9.17, 15) is 0 Å². The van der Waals surface area contributed by atoms with Crippen molar-refractivity contribution in [3.05, 3.63) is 4.84 Å². The second kappa shape index (κ2) is 2.89. The first kappa shape index (κ1) is 11.8. The maximum atomic E-state index is 6.24. The molecule has 0 spiro atoms. The van der Waals surface area contributed by atoms with E-state index in [0.29, 0.717) is 16.4 Å². The lowest BCUT2D eigenvalue weighted by Crippen LogP contribution is -2.92. The molecule has 0 saturated heterocycles. The van der Waals surface area contributed by atoms with Crippen molar-refractivity contribution in [3.8, 4) is 0 Å². The highest BCUT2D eigenvalue weighted by Crippen LogP contribution is 2.79. The van der Waals surface area contributed by atoms with Crippen LogP contribution in [0.2, 0.25) is 0 Å². The Balaban J connectivity index is 1.75. The molecule has 19 heavy (non-hydrogen) atoms. The lowest BCUT2D eigenvalue weighted by molar-refractivity contribution is -0.560. The Labute approximate surface area is 120 Å². The fraction of sp³-hybridized carbons (Fsp3) is 1.00. The summed E-state index contributed by atoms with van der Waals surface area (Å²) in [6, 6.07) is 0. The van der Waals surface area contributed by atoms with Gasteiger partial charge in [0.05, 0.1) is 0 Å². The number of quaternary nitrogens is 1. The van der Waals surface area contributed by atoms with E-state index in [1.54, 1.807) is 0 Å². The molecule has 3 N–H and O–H groups in total. The molecule has 0 heterocycles. The molecule has 0 aromatic heterocycles. The minimum atomic E-state index is 0.128. The van der Waals surface area contributed by atoms with E-state index in [1.807, 2.05) is 0 Å². The van der Waals surface area contributed by atoms with Gasteiger partial charge in [0.15, 0.2) is 0 Å². The van der Waals surface area contributed by atoms with Crippen LogP contribution in [-0.2, 0) is 0 Å². The molecule has 7 aliphatic rings. The first-order chi connectivity index (χ1) is 8.84. The highest BCUT2D eigenvalue weighted by atomic mass is 35.5. The zero-order valence-corrected chi connectivity index (χ0v) is 12.8. The number of rotatable bonds is 1. The number of hydrogen-bond acceptors (Lipinski definition) is 0. The fourth-order valence-electron chi connectivity index (χ4n) is 8.11. The summed E-state index contributed by atoms with van der Waals surface area (Å²) in [5.41, 5.74) is 6.37. The third-order valence-electron chi connectivity index (χ3n) is 8.21. The molecule has 0 radical (unpaired) electrons. The lowest BCUT2D eigenvalue weighted by Gasteiger charge is -2.83. The van der Waals surface area contributed by atoms with Gasteiger partial charge >= 0.3 is 0 Å². The molecule has 3 heteroatoms. The Bertz CT molecular complexity index is 449. The average Bonchev–Trinajstić information content (AvgIpc) is 2.33. The van der Waals surface area contributed by atoms with E-state index in [-0.39, 0.29) is 5.54 Å². The summed E-state index contributed by atoms with van der Waals surface area (Å²) in [6.45, 7) is 5.01. The normalized spacial score (nSPS) is 72.0. The van der Waals surface area contributed by atoms with E-state index >= 15 is 0 Å². The Kier molecular flexibility index (Phi) is 1.80. The van der Waals surface area contributed by atoms with E-state index in [2.05, 4.69) is 18.7 Å². The maximum Gasteiger partial charge on any atom is 0.101 e. The van der Waals surface area contributed by atoms with Crippen molar-refractivity contribution in [2.24, 2.45) is 34.5 Å². The van der Waals surface area contributed by atoms with Crippen LogP contribution in [0.15, 0.2) is 0 Å². The van der Waals surface area contributed by atoms with Gasteiger partial charge in [-0.2, -0.15) is 0 Å². The van der Waals surface area contributed by atoms with Gasteiger partial charge in [0.1, 0.15) is 5.54 Å². The van der Waals surface area contributed by atoms with Crippen LogP contribution < -0.4 is 5.73 Å². The first-order valence-electron chi connectivity index (χ1n) is 8.03. The molecule has 8 bridgehead atoms. The van der Waals surface area contributed by atoms with Crippen molar-refractivity contribution in [1.29, 1.82) is 0 Å². The van der Waals surface area contributed by atoms with Crippen molar-refractivity contribution >= 4 is 11.8 Å². The van der Waals surface area contributed by atoms with Crippen molar-refractivity contribution < 1.29 is 5.73 Å². The summed E-state index contributed by atoms with van der Waals surface area (Å²) in [4.78, 5) is 4.57. The molecule has 0 aromatic rings. The van der Waals surface area contributed by atoms with Gasteiger partial charge in [-0.05, 0) is 48.3 Å². The van der Waals surface area contributed by atoms with Crippen molar-refractivity contribution in [1.82, 2.24) is 0 Å². The van der Waals surface area contributed by atoms with Crippen LogP contribution in [-0.4, -0.2) is 11.1 Å². The summed E-state index contributed by atoms with van der Waals surface area (Å²) in [5, 5.41) is 0. The summed E-state index contributed by atoms with van der Waals surface area (Å²) < 4.78 is 0. The molecule has 2 nitrogen and oxygen atoms in total. The molecule has 0 aromatic carbocycles. The van der Waals surface area contributed by atoms with E-state index < -0.39 is 0 Å². The third kappa shape index (κ3) is 1.06. The standard InChI is InChI=1S/C16H24ClN2/c1-13-5-11-9-3-14(2)4-10(15(9,18)7-13)12(6-13)16(11,8-14)19-17/h9-12H,3-8,18H2,1-2H3/q-1/p+1. The van der Waals surface area contributed by atoms with Crippen LogP contribution in [0.25, 0.3) is 4.84 Å². The summed E-state index contributed by atoms with van der Waals surface area (Å²) >= 11 is 6.24. The van der Waals surface area contributed by atoms with Crippen LogP contribution in [0.1, 0.15) is 52.4 Å². The molecule has 7 saturated carbocycles. The van der Waals surface area contributed by atoms with Crippen LogP contribution in [0.4, 0.5) is 0 Å². The summed E-state index contributed by atoms with van der Waals surface area (Å²) in [7, 11) is 0. The zero-order valence-electron chi connectivity index (χ0n) is 12.1. The van der Waals surface area contributed by atoms with Gasteiger partial charge in [-0.15, -0.1) is 5.54 Å². The monoisotopic (exact) mass is 280 g/mol. The summed E-state index contributed by atoms with van der Waals surface area (Å²) in [6.07, 6.45) is 8.16. The topological polar surface area (TPSA) is 41.7 Å². The Hall–Kier alpha value is 0.210. The van der Waals surface area contributed by atoms with Crippen molar-refractivity contribution in [2.75, 3.05) is 0 Å². The SMILES string of the molecule is CC12CC3C4CC5(C)CC(C(C1)C3([N-]Cl)C5)C4([NH3+])C2. The van der Waals surface area contributed by atoms with Gasteiger partial charge in [-0.3, -0.25) is 11.8 Å². The number of hydrogen-bond donors (Lipinski definition) is 1. The Morgan fingerprint density at radius 2 is 1.37 bits per heavy atom. The minimum Gasteiger partial charge on any atom is -0.569 e. The van der Waals surface area contributed by atoms with E-state index in [0.717, 1.165) is 23.7 Å². The van der Waals surface area contributed by atoms with Crippen LogP contribution in [0.3, 0.4) is 0 Å².